The van der Waals surface area contributed by atoms with Crippen LogP contribution in [0.1, 0.15) is 21.5 Å². The summed E-state index contributed by atoms with van der Waals surface area (Å²) in [6, 6.07) is 3.84. The Kier molecular flexibility index (Phi) is 2.33. The summed E-state index contributed by atoms with van der Waals surface area (Å²) >= 11 is 0. The number of aryl methyl sites for hydroxylation is 2. The van der Waals surface area contributed by atoms with Crippen LogP contribution in [0.15, 0.2) is 24.5 Å². The van der Waals surface area contributed by atoms with E-state index >= 15 is 0 Å². The number of aromatic nitrogens is 3. The molecule has 2 aromatic rings. The first kappa shape index (κ1) is 9.58. The molecule has 0 aliphatic carbocycles. The van der Waals surface area contributed by atoms with Gasteiger partial charge in [0.05, 0.1) is 18.1 Å². The number of nitrogens with zero attached hydrogens (tertiary/aromatic N) is 3. The average Bonchev–Trinajstić information content (AvgIpc) is 2.69. The molecular weight excluding hydrogens is 190 g/mol. The van der Waals surface area contributed by atoms with Gasteiger partial charge in [-0.25, -0.2) is 0 Å². The Morgan fingerprint density at radius 1 is 1.20 bits per heavy atom. The van der Waals surface area contributed by atoms with E-state index in [1.54, 1.807) is 12.4 Å². The van der Waals surface area contributed by atoms with E-state index in [0.29, 0.717) is 5.56 Å². The number of hydrogen-bond acceptors (Lipinski definition) is 3. The van der Waals surface area contributed by atoms with Gasteiger partial charge in [-0.2, -0.15) is 15.0 Å². The van der Waals surface area contributed by atoms with Crippen LogP contribution in [-0.2, 0) is 0 Å². The Bertz CT molecular complexity index is 489. The van der Waals surface area contributed by atoms with Crippen molar-refractivity contribution in [3.8, 4) is 5.69 Å². The van der Waals surface area contributed by atoms with Crippen molar-refractivity contribution >= 4 is 6.29 Å². The van der Waals surface area contributed by atoms with Gasteiger partial charge in [-0.3, -0.25) is 4.79 Å². The molecule has 4 nitrogen and oxygen atoms in total. The highest BCUT2D eigenvalue weighted by Crippen LogP contribution is 2.18. The van der Waals surface area contributed by atoms with Crippen LogP contribution >= 0.6 is 0 Å². The van der Waals surface area contributed by atoms with Gasteiger partial charge in [-0.05, 0) is 31.0 Å². The second-order valence-electron chi connectivity index (χ2n) is 3.46. The molecule has 0 aliphatic heterocycles. The van der Waals surface area contributed by atoms with Crippen molar-refractivity contribution in [1.82, 2.24) is 15.0 Å². The zero-order chi connectivity index (χ0) is 10.8. The van der Waals surface area contributed by atoms with E-state index in [2.05, 4.69) is 10.2 Å². The van der Waals surface area contributed by atoms with E-state index in [-0.39, 0.29) is 0 Å². The predicted molar refractivity (Wildman–Crippen MR) is 56.2 cm³/mol. The molecule has 0 atom stereocenters. The summed E-state index contributed by atoms with van der Waals surface area (Å²) in [6.45, 7) is 3.90. The van der Waals surface area contributed by atoms with Crippen LogP contribution in [0.5, 0.6) is 0 Å². The molecule has 1 aromatic carbocycles. The molecule has 1 heterocycles. The first-order chi connectivity index (χ1) is 7.22. The summed E-state index contributed by atoms with van der Waals surface area (Å²) in [5, 5.41) is 8.06. The van der Waals surface area contributed by atoms with Crippen molar-refractivity contribution in [3.05, 3.63) is 41.2 Å². The Hall–Kier alpha value is -1.97. The normalized spacial score (nSPS) is 10.3. The third-order valence-electron chi connectivity index (χ3n) is 2.22. The Morgan fingerprint density at radius 2 is 1.87 bits per heavy atom. The summed E-state index contributed by atoms with van der Waals surface area (Å²) in [5.74, 6) is 0. The Morgan fingerprint density at radius 3 is 2.47 bits per heavy atom. The third kappa shape index (κ3) is 1.66. The largest absolute Gasteiger partial charge is 0.298 e. The fraction of sp³-hybridized carbons (Fsp3) is 0.182. The number of carbonyl (C=O) groups is 1. The fourth-order valence-corrected chi connectivity index (χ4v) is 1.69. The number of benzene rings is 1. The molecule has 0 bridgehead atoms. The number of hydrogen-bond donors (Lipinski definition) is 0. The highest BCUT2D eigenvalue weighted by Gasteiger charge is 2.09. The van der Waals surface area contributed by atoms with Crippen molar-refractivity contribution < 1.29 is 4.79 Å². The van der Waals surface area contributed by atoms with Crippen molar-refractivity contribution in [2.45, 2.75) is 13.8 Å². The van der Waals surface area contributed by atoms with Crippen molar-refractivity contribution in [2.75, 3.05) is 0 Å². The Labute approximate surface area is 87.5 Å². The second kappa shape index (κ2) is 3.65. The first-order valence-electron chi connectivity index (χ1n) is 4.65. The molecule has 0 amide bonds. The van der Waals surface area contributed by atoms with Crippen LogP contribution in [0.3, 0.4) is 0 Å². The Balaban J connectivity index is 2.69. The standard InChI is InChI=1S/C11H11N3O/c1-8-5-9(2)11(10(6-8)7-15)14-12-3-4-13-14/h3-7H,1-2H3. The minimum Gasteiger partial charge on any atom is -0.298 e. The smallest absolute Gasteiger partial charge is 0.152 e. The molecule has 0 aliphatic rings. The van der Waals surface area contributed by atoms with Crippen LogP contribution in [0, 0.1) is 13.8 Å². The van der Waals surface area contributed by atoms with Crippen LogP contribution in [0.4, 0.5) is 0 Å². The minimum absolute atomic E-state index is 0.615. The lowest BCUT2D eigenvalue weighted by atomic mass is 10.1. The van der Waals surface area contributed by atoms with Gasteiger partial charge in [0.1, 0.15) is 0 Å². The lowest BCUT2D eigenvalue weighted by molar-refractivity contribution is 0.112. The van der Waals surface area contributed by atoms with Crippen molar-refractivity contribution in [1.29, 1.82) is 0 Å². The van der Waals surface area contributed by atoms with Crippen molar-refractivity contribution in [3.63, 3.8) is 0 Å². The van der Waals surface area contributed by atoms with Gasteiger partial charge in [0, 0.05) is 5.56 Å². The zero-order valence-corrected chi connectivity index (χ0v) is 8.64. The topological polar surface area (TPSA) is 47.8 Å². The quantitative estimate of drug-likeness (QED) is 0.695. The monoisotopic (exact) mass is 201 g/mol. The van der Waals surface area contributed by atoms with Crippen LogP contribution < -0.4 is 0 Å². The van der Waals surface area contributed by atoms with E-state index in [9.17, 15) is 4.79 Å². The molecule has 2 rings (SSSR count). The van der Waals surface area contributed by atoms with Gasteiger partial charge in [-0.1, -0.05) is 6.07 Å². The lowest BCUT2D eigenvalue weighted by Gasteiger charge is -2.08. The molecule has 0 unspecified atom stereocenters. The number of aldehydes is 1. The lowest BCUT2D eigenvalue weighted by Crippen LogP contribution is -2.05. The van der Waals surface area contributed by atoms with E-state index < -0.39 is 0 Å². The maximum absolute atomic E-state index is 11.0. The summed E-state index contributed by atoms with van der Waals surface area (Å²) in [4.78, 5) is 12.4. The molecule has 15 heavy (non-hydrogen) atoms. The minimum atomic E-state index is 0.615. The maximum atomic E-state index is 11.0. The highest BCUT2D eigenvalue weighted by atomic mass is 16.1. The summed E-state index contributed by atoms with van der Waals surface area (Å²) in [5.41, 5.74) is 3.42. The van der Waals surface area contributed by atoms with Gasteiger partial charge >= 0.3 is 0 Å². The summed E-state index contributed by atoms with van der Waals surface area (Å²) < 4.78 is 0. The molecule has 0 spiro atoms. The van der Waals surface area contributed by atoms with Gasteiger partial charge < -0.3 is 0 Å². The first-order valence-corrected chi connectivity index (χ1v) is 4.65. The van der Waals surface area contributed by atoms with E-state index in [1.165, 1.54) is 4.80 Å². The molecule has 0 N–H and O–H groups in total. The fourth-order valence-electron chi connectivity index (χ4n) is 1.69. The molecule has 0 saturated heterocycles. The van der Waals surface area contributed by atoms with Gasteiger partial charge in [0.2, 0.25) is 0 Å². The zero-order valence-electron chi connectivity index (χ0n) is 8.64. The summed E-state index contributed by atoms with van der Waals surface area (Å²) in [7, 11) is 0. The molecular formula is C11H11N3O. The molecule has 0 radical (unpaired) electrons. The van der Waals surface area contributed by atoms with Gasteiger partial charge in [0.15, 0.2) is 6.29 Å². The van der Waals surface area contributed by atoms with E-state index in [0.717, 1.165) is 23.1 Å². The van der Waals surface area contributed by atoms with Crippen LogP contribution in [0.2, 0.25) is 0 Å². The SMILES string of the molecule is Cc1cc(C)c(-n2nccn2)c(C=O)c1. The molecule has 4 heteroatoms. The highest BCUT2D eigenvalue weighted by molar-refractivity contribution is 5.82. The van der Waals surface area contributed by atoms with Crippen LogP contribution in [-0.4, -0.2) is 21.3 Å². The second-order valence-corrected chi connectivity index (χ2v) is 3.46. The number of carbonyl (C=O) groups excluding carboxylic acids is 1. The van der Waals surface area contributed by atoms with E-state index in [4.69, 9.17) is 0 Å². The van der Waals surface area contributed by atoms with Gasteiger partial charge in [-0.15, -0.1) is 0 Å². The van der Waals surface area contributed by atoms with Crippen molar-refractivity contribution in [2.24, 2.45) is 0 Å². The maximum Gasteiger partial charge on any atom is 0.152 e. The van der Waals surface area contributed by atoms with E-state index in [1.807, 2.05) is 26.0 Å². The molecule has 0 fully saturated rings. The van der Waals surface area contributed by atoms with Gasteiger partial charge in [0.25, 0.3) is 0 Å². The predicted octanol–water partition coefficient (Wildman–Crippen LogP) is 1.70. The molecule has 0 saturated carbocycles. The third-order valence-corrected chi connectivity index (χ3v) is 2.22. The number of rotatable bonds is 2. The summed E-state index contributed by atoms with van der Waals surface area (Å²) in [6.07, 6.45) is 4.01. The van der Waals surface area contributed by atoms with Crippen LogP contribution in [0.25, 0.3) is 5.69 Å². The molecule has 1 aromatic heterocycles. The molecule has 76 valence electrons. The average molecular weight is 201 g/mol.